The van der Waals surface area contributed by atoms with Crippen LogP contribution in [0.2, 0.25) is 0 Å². The Morgan fingerprint density at radius 3 is 2.74 bits per heavy atom. The van der Waals surface area contributed by atoms with Crippen LogP contribution in [0.4, 0.5) is 0 Å². The van der Waals surface area contributed by atoms with Crippen molar-refractivity contribution in [3.63, 3.8) is 0 Å². The summed E-state index contributed by atoms with van der Waals surface area (Å²) in [4.78, 5) is 38.2. The van der Waals surface area contributed by atoms with Crippen LogP contribution in [0.3, 0.4) is 0 Å². The number of aromatic nitrogens is 1. The summed E-state index contributed by atoms with van der Waals surface area (Å²) in [5, 5.41) is 2.84. The minimum atomic E-state index is -0.351. The van der Waals surface area contributed by atoms with Gasteiger partial charge in [0.25, 0.3) is 11.5 Å². The molecule has 142 valence electrons. The minimum absolute atomic E-state index is 0.0401. The van der Waals surface area contributed by atoms with E-state index in [0.717, 1.165) is 12.8 Å². The number of hydrogen-bond acceptors (Lipinski definition) is 4. The number of nitrogens with zero attached hydrogens (tertiary/aromatic N) is 2. The molecule has 0 aromatic carbocycles. The van der Waals surface area contributed by atoms with Crippen LogP contribution in [0, 0.1) is 5.92 Å². The molecule has 0 radical (unpaired) electrons. The third-order valence-electron chi connectivity index (χ3n) is 4.78. The molecule has 1 fully saturated rings. The lowest BCUT2D eigenvalue weighted by molar-refractivity contribution is -0.127. The largest absolute Gasteiger partial charge is 0.465 e. The van der Waals surface area contributed by atoms with Crippen LogP contribution in [0.5, 0.6) is 0 Å². The average Bonchev–Trinajstić information content (AvgIpc) is 3.20. The minimum Gasteiger partial charge on any atom is -0.465 e. The molecule has 7 heteroatoms. The van der Waals surface area contributed by atoms with E-state index < -0.39 is 0 Å². The monoisotopic (exact) mass is 369 g/mol. The number of carbonyl (C=O) groups excluding carboxylic acids is 2. The van der Waals surface area contributed by atoms with Crippen molar-refractivity contribution >= 4 is 17.9 Å². The van der Waals surface area contributed by atoms with E-state index in [2.05, 4.69) is 5.32 Å². The summed E-state index contributed by atoms with van der Waals surface area (Å²) in [7, 11) is 1.62. The van der Waals surface area contributed by atoms with E-state index in [0.29, 0.717) is 31.3 Å². The van der Waals surface area contributed by atoms with Crippen molar-refractivity contribution in [1.82, 2.24) is 14.8 Å². The summed E-state index contributed by atoms with van der Waals surface area (Å²) >= 11 is 0. The van der Waals surface area contributed by atoms with Crippen molar-refractivity contribution in [2.24, 2.45) is 13.0 Å². The first-order chi connectivity index (χ1) is 13.0. The Hall–Kier alpha value is -3.09. The number of piperidine rings is 1. The molecule has 1 N–H and O–H groups in total. The third-order valence-corrected chi connectivity index (χ3v) is 4.78. The molecule has 1 saturated heterocycles. The Balaban J connectivity index is 1.45. The van der Waals surface area contributed by atoms with Gasteiger partial charge in [0, 0.05) is 39.0 Å². The van der Waals surface area contributed by atoms with Crippen LogP contribution in [0.1, 0.15) is 29.0 Å². The maximum atomic E-state index is 12.2. The van der Waals surface area contributed by atoms with Gasteiger partial charge >= 0.3 is 0 Å². The SMILES string of the molecule is Cn1cccc(C(=O)NCC2CCN(C(=O)/C=C/c3ccco3)CC2)c1=O. The van der Waals surface area contributed by atoms with E-state index >= 15 is 0 Å². The Morgan fingerprint density at radius 2 is 2.04 bits per heavy atom. The van der Waals surface area contributed by atoms with Gasteiger partial charge in [-0.1, -0.05) is 0 Å². The molecule has 2 amide bonds. The number of nitrogens with one attached hydrogen (secondary N) is 1. The molecule has 1 aliphatic heterocycles. The number of hydrogen-bond donors (Lipinski definition) is 1. The highest BCUT2D eigenvalue weighted by atomic mass is 16.3. The molecule has 0 aliphatic carbocycles. The highest BCUT2D eigenvalue weighted by Gasteiger charge is 2.22. The molecule has 0 atom stereocenters. The Labute approximate surface area is 157 Å². The van der Waals surface area contributed by atoms with Crippen molar-refractivity contribution in [3.8, 4) is 0 Å². The normalized spacial score (nSPS) is 15.2. The first kappa shape index (κ1) is 18.7. The Bertz CT molecular complexity index is 875. The van der Waals surface area contributed by atoms with Crippen molar-refractivity contribution in [2.75, 3.05) is 19.6 Å². The van der Waals surface area contributed by atoms with E-state index in [1.165, 1.54) is 16.7 Å². The van der Waals surface area contributed by atoms with Gasteiger partial charge in [0.05, 0.1) is 6.26 Å². The number of pyridine rings is 1. The number of carbonyl (C=O) groups is 2. The second-order valence-corrected chi connectivity index (χ2v) is 6.67. The average molecular weight is 369 g/mol. The van der Waals surface area contributed by atoms with Crippen molar-refractivity contribution in [3.05, 3.63) is 64.5 Å². The van der Waals surface area contributed by atoms with Crippen LogP contribution in [0.25, 0.3) is 6.08 Å². The zero-order valence-corrected chi connectivity index (χ0v) is 15.3. The van der Waals surface area contributed by atoms with E-state index in [1.807, 2.05) is 0 Å². The number of amides is 2. The summed E-state index contributed by atoms with van der Waals surface area (Å²) in [6.45, 7) is 1.80. The zero-order chi connectivity index (χ0) is 19.2. The van der Waals surface area contributed by atoms with Crippen LogP contribution in [0.15, 0.2) is 52.0 Å². The lowest BCUT2D eigenvalue weighted by Crippen LogP contribution is -2.41. The molecular weight excluding hydrogens is 346 g/mol. The highest BCUT2D eigenvalue weighted by molar-refractivity contribution is 5.93. The van der Waals surface area contributed by atoms with E-state index in [9.17, 15) is 14.4 Å². The van der Waals surface area contributed by atoms with E-state index in [1.54, 1.807) is 48.7 Å². The molecule has 0 spiro atoms. The smallest absolute Gasteiger partial charge is 0.263 e. The van der Waals surface area contributed by atoms with Gasteiger partial charge < -0.3 is 19.2 Å². The maximum Gasteiger partial charge on any atom is 0.263 e. The quantitative estimate of drug-likeness (QED) is 0.813. The number of rotatable bonds is 5. The molecule has 1 aliphatic rings. The van der Waals surface area contributed by atoms with Crippen molar-refractivity contribution in [2.45, 2.75) is 12.8 Å². The Kier molecular flexibility index (Phi) is 5.90. The predicted molar refractivity (Wildman–Crippen MR) is 101 cm³/mol. The van der Waals surface area contributed by atoms with Gasteiger partial charge in [-0.3, -0.25) is 14.4 Å². The molecule has 2 aromatic heterocycles. The molecule has 2 aromatic rings. The number of likely N-dealkylation sites (tertiary alicyclic amines) is 1. The summed E-state index contributed by atoms with van der Waals surface area (Å²) in [6.07, 6.45) is 7.99. The lowest BCUT2D eigenvalue weighted by Gasteiger charge is -2.31. The fourth-order valence-corrected chi connectivity index (χ4v) is 3.10. The molecule has 7 nitrogen and oxygen atoms in total. The topological polar surface area (TPSA) is 84.6 Å². The lowest BCUT2D eigenvalue weighted by atomic mass is 9.96. The zero-order valence-electron chi connectivity index (χ0n) is 15.3. The van der Waals surface area contributed by atoms with E-state index in [-0.39, 0.29) is 22.9 Å². The van der Waals surface area contributed by atoms with Gasteiger partial charge in [-0.2, -0.15) is 0 Å². The molecule has 0 bridgehead atoms. The van der Waals surface area contributed by atoms with Gasteiger partial charge in [0.1, 0.15) is 11.3 Å². The standard InChI is InChI=1S/C20H23N3O4/c1-22-10-2-5-17(20(22)26)19(25)21-14-15-8-11-23(12-9-15)18(24)7-6-16-4-3-13-27-16/h2-7,10,13,15H,8-9,11-12,14H2,1H3,(H,21,25)/b7-6+. The number of aryl methyl sites for hydroxylation is 1. The summed E-state index contributed by atoms with van der Waals surface area (Å²) < 4.78 is 6.56. The molecule has 3 rings (SSSR count). The second-order valence-electron chi connectivity index (χ2n) is 6.67. The predicted octanol–water partition coefficient (Wildman–Crippen LogP) is 1.66. The van der Waals surface area contributed by atoms with Crippen LogP contribution in [-0.2, 0) is 11.8 Å². The maximum absolute atomic E-state index is 12.2. The summed E-state index contributed by atoms with van der Waals surface area (Å²) in [6, 6.07) is 6.77. The number of furan rings is 1. The van der Waals surface area contributed by atoms with Crippen LogP contribution < -0.4 is 10.9 Å². The van der Waals surface area contributed by atoms with Gasteiger partial charge in [0.15, 0.2) is 0 Å². The molecule has 0 unspecified atom stereocenters. The first-order valence-corrected chi connectivity index (χ1v) is 8.99. The van der Waals surface area contributed by atoms with Crippen LogP contribution in [-0.4, -0.2) is 40.9 Å². The molecule has 0 saturated carbocycles. The van der Waals surface area contributed by atoms with Crippen molar-refractivity contribution in [1.29, 1.82) is 0 Å². The Morgan fingerprint density at radius 1 is 1.26 bits per heavy atom. The fraction of sp³-hybridized carbons (Fsp3) is 0.350. The highest BCUT2D eigenvalue weighted by Crippen LogP contribution is 2.17. The molecule has 27 heavy (non-hydrogen) atoms. The van der Waals surface area contributed by atoms with Gasteiger partial charge in [-0.15, -0.1) is 0 Å². The second kappa shape index (κ2) is 8.53. The summed E-state index contributed by atoms with van der Waals surface area (Å²) in [5.74, 6) is 0.547. The van der Waals surface area contributed by atoms with E-state index in [4.69, 9.17) is 4.42 Å². The third kappa shape index (κ3) is 4.75. The first-order valence-electron chi connectivity index (χ1n) is 8.99. The van der Waals surface area contributed by atoms with Gasteiger partial charge in [-0.05, 0) is 49.1 Å². The van der Waals surface area contributed by atoms with Crippen molar-refractivity contribution < 1.29 is 14.0 Å². The summed E-state index contributed by atoms with van der Waals surface area (Å²) in [5.41, 5.74) is -0.158. The fourth-order valence-electron chi connectivity index (χ4n) is 3.10. The van der Waals surface area contributed by atoms with Crippen LogP contribution >= 0.6 is 0 Å². The molecule has 3 heterocycles. The molecular formula is C20H23N3O4. The van der Waals surface area contributed by atoms with Gasteiger partial charge in [-0.25, -0.2) is 0 Å². The van der Waals surface area contributed by atoms with Gasteiger partial charge in [0.2, 0.25) is 5.91 Å².